The summed E-state index contributed by atoms with van der Waals surface area (Å²) in [4.78, 5) is 22.9. The standard InChI is InChI=1S/C16H15N3O7S/c1-25-14-6-5-13(19(21)22)10-15(14)27(23,24)17-11-3-2-4-12(9-11)18-7-8-26-16(18)20/h2-6,9-10,17H,7-8H2,1H3. The van der Waals surface area contributed by atoms with Gasteiger partial charge >= 0.3 is 6.09 Å². The number of benzene rings is 2. The molecule has 1 aliphatic heterocycles. The fourth-order valence-electron chi connectivity index (χ4n) is 2.56. The highest BCUT2D eigenvalue weighted by molar-refractivity contribution is 7.92. The summed E-state index contributed by atoms with van der Waals surface area (Å²) in [6.07, 6.45) is -0.518. The van der Waals surface area contributed by atoms with Crippen LogP contribution < -0.4 is 14.4 Å². The van der Waals surface area contributed by atoms with Crippen LogP contribution in [0.5, 0.6) is 5.75 Å². The SMILES string of the molecule is COc1ccc([N+](=O)[O-])cc1S(=O)(=O)Nc1cccc(N2CCOC2=O)c1. The Hall–Kier alpha value is -3.34. The number of non-ortho nitro benzene ring substituents is 1. The van der Waals surface area contributed by atoms with Gasteiger partial charge in [-0.3, -0.25) is 19.7 Å². The van der Waals surface area contributed by atoms with Crippen LogP contribution in [0.15, 0.2) is 47.4 Å². The van der Waals surface area contributed by atoms with Crippen LogP contribution in [0.3, 0.4) is 0 Å². The summed E-state index contributed by atoms with van der Waals surface area (Å²) in [6, 6.07) is 9.45. The van der Waals surface area contributed by atoms with Gasteiger partial charge in [0.1, 0.15) is 17.3 Å². The van der Waals surface area contributed by atoms with E-state index in [9.17, 15) is 23.3 Å². The molecule has 27 heavy (non-hydrogen) atoms. The normalized spacial score (nSPS) is 14.0. The molecule has 0 saturated carbocycles. The van der Waals surface area contributed by atoms with Crippen molar-refractivity contribution in [1.29, 1.82) is 0 Å². The van der Waals surface area contributed by atoms with E-state index in [0.717, 1.165) is 12.1 Å². The summed E-state index contributed by atoms with van der Waals surface area (Å²) in [6.45, 7) is 0.605. The molecule has 2 aromatic carbocycles. The van der Waals surface area contributed by atoms with Gasteiger partial charge in [-0.1, -0.05) is 6.07 Å². The second-order valence-corrected chi connectivity index (χ2v) is 7.16. The molecule has 1 fully saturated rings. The number of methoxy groups -OCH3 is 1. The minimum Gasteiger partial charge on any atom is -0.495 e. The molecule has 11 heteroatoms. The summed E-state index contributed by atoms with van der Waals surface area (Å²) >= 11 is 0. The van der Waals surface area contributed by atoms with E-state index < -0.39 is 21.0 Å². The molecule has 0 aromatic heterocycles. The van der Waals surface area contributed by atoms with Crippen LogP contribution in [-0.4, -0.2) is 39.7 Å². The number of hydrogen-bond acceptors (Lipinski definition) is 7. The monoisotopic (exact) mass is 393 g/mol. The number of carbonyl (C=O) groups excluding carboxylic acids is 1. The third kappa shape index (κ3) is 3.77. The average Bonchev–Trinajstić information content (AvgIpc) is 3.07. The Balaban J connectivity index is 1.94. The molecule has 0 unspecified atom stereocenters. The molecule has 3 rings (SSSR count). The Bertz CT molecular complexity index is 1010. The van der Waals surface area contributed by atoms with Crippen molar-refractivity contribution in [3.8, 4) is 5.75 Å². The molecule has 0 bridgehead atoms. The first kappa shape index (κ1) is 18.5. The zero-order valence-electron chi connectivity index (χ0n) is 14.1. The van der Waals surface area contributed by atoms with Gasteiger partial charge in [0.25, 0.3) is 15.7 Å². The molecule has 0 radical (unpaired) electrons. The average molecular weight is 393 g/mol. The molecule has 1 aliphatic rings. The maximum Gasteiger partial charge on any atom is 0.414 e. The molecule has 0 aliphatic carbocycles. The summed E-state index contributed by atoms with van der Waals surface area (Å²) in [5.74, 6) is -0.0348. The number of anilines is 2. The summed E-state index contributed by atoms with van der Waals surface area (Å²) < 4.78 is 37.7. The van der Waals surface area contributed by atoms with Gasteiger partial charge < -0.3 is 9.47 Å². The number of hydrogen-bond donors (Lipinski definition) is 1. The number of rotatable bonds is 6. The number of nitrogens with one attached hydrogen (secondary N) is 1. The van der Waals surface area contributed by atoms with Gasteiger partial charge in [-0.2, -0.15) is 0 Å². The Morgan fingerprint density at radius 2 is 2.04 bits per heavy atom. The number of nitrogens with zero attached hydrogens (tertiary/aromatic N) is 2. The van der Waals surface area contributed by atoms with Crippen LogP contribution in [0.1, 0.15) is 0 Å². The van der Waals surface area contributed by atoms with Gasteiger partial charge in [-0.25, -0.2) is 13.2 Å². The molecule has 10 nitrogen and oxygen atoms in total. The fourth-order valence-corrected chi connectivity index (χ4v) is 3.80. The van der Waals surface area contributed by atoms with Crippen molar-refractivity contribution in [3.05, 3.63) is 52.6 Å². The van der Waals surface area contributed by atoms with Crippen molar-refractivity contribution in [2.45, 2.75) is 4.90 Å². The molecule has 142 valence electrons. The van der Waals surface area contributed by atoms with Gasteiger partial charge in [0.15, 0.2) is 0 Å². The van der Waals surface area contributed by atoms with E-state index in [-0.39, 0.29) is 28.6 Å². The van der Waals surface area contributed by atoms with E-state index >= 15 is 0 Å². The van der Waals surface area contributed by atoms with E-state index in [0.29, 0.717) is 12.2 Å². The smallest absolute Gasteiger partial charge is 0.414 e. The Kier molecular flexibility index (Phi) is 4.86. The van der Waals surface area contributed by atoms with Gasteiger partial charge in [-0.15, -0.1) is 0 Å². The van der Waals surface area contributed by atoms with Crippen molar-refractivity contribution in [2.24, 2.45) is 0 Å². The molecule has 1 N–H and O–H groups in total. The third-order valence-corrected chi connectivity index (χ3v) is 5.22. The highest BCUT2D eigenvalue weighted by Crippen LogP contribution is 2.30. The first-order chi connectivity index (χ1) is 12.8. The molecule has 2 aromatic rings. The zero-order chi connectivity index (χ0) is 19.6. The molecular weight excluding hydrogens is 378 g/mol. The number of nitro groups is 1. The molecule has 0 spiro atoms. The molecule has 1 heterocycles. The van der Waals surface area contributed by atoms with Gasteiger partial charge in [-0.05, 0) is 24.3 Å². The van der Waals surface area contributed by atoms with E-state index in [2.05, 4.69) is 4.72 Å². The first-order valence-electron chi connectivity index (χ1n) is 7.71. The molecular formula is C16H15N3O7S. The Morgan fingerprint density at radius 3 is 2.67 bits per heavy atom. The van der Waals surface area contributed by atoms with Crippen LogP contribution in [0.2, 0.25) is 0 Å². The number of nitro benzene ring substituents is 1. The van der Waals surface area contributed by atoms with E-state index in [1.807, 2.05) is 0 Å². The van der Waals surface area contributed by atoms with Crippen LogP contribution >= 0.6 is 0 Å². The molecule has 1 saturated heterocycles. The van der Waals surface area contributed by atoms with Gasteiger partial charge in [0.2, 0.25) is 0 Å². The van der Waals surface area contributed by atoms with Crippen molar-refractivity contribution in [3.63, 3.8) is 0 Å². The van der Waals surface area contributed by atoms with Crippen molar-refractivity contribution in [2.75, 3.05) is 29.9 Å². The predicted molar refractivity (Wildman–Crippen MR) is 95.6 cm³/mol. The van der Waals surface area contributed by atoms with Crippen LogP contribution in [0.4, 0.5) is 21.9 Å². The number of ether oxygens (including phenoxy) is 2. The first-order valence-corrected chi connectivity index (χ1v) is 9.20. The zero-order valence-corrected chi connectivity index (χ0v) is 14.9. The number of carbonyl (C=O) groups is 1. The second-order valence-electron chi connectivity index (χ2n) is 5.51. The third-order valence-electron chi connectivity index (χ3n) is 3.82. The van der Waals surface area contributed by atoms with Crippen LogP contribution in [0.25, 0.3) is 0 Å². The summed E-state index contributed by atoms with van der Waals surface area (Å²) in [5, 5.41) is 11.0. The topological polar surface area (TPSA) is 128 Å². The van der Waals surface area contributed by atoms with E-state index in [1.54, 1.807) is 12.1 Å². The maximum absolute atomic E-state index is 12.7. The number of amides is 1. The van der Waals surface area contributed by atoms with Crippen molar-refractivity contribution in [1.82, 2.24) is 0 Å². The minimum atomic E-state index is -4.18. The minimum absolute atomic E-state index is 0.0348. The lowest BCUT2D eigenvalue weighted by atomic mass is 10.2. The largest absolute Gasteiger partial charge is 0.495 e. The van der Waals surface area contributed by atoms with E-state index in [1.165, 1.54) is 30.2 Å². The molecule has 1 amide bonds. The summed E-state index contributed by atoms with van der Waals surface area (Å²) in [5.41, 5.74) is 0.259. The van der Waals surface area contributed by atoms with Crippen LogP contribution in [-0.2, 0) is 14.8 Å². The highest BCUT2D eigenvalue weighted by Gasteiger charge is 2.26. The predicted octanol–water partition coefficient (Wildman–Crippen LogP) is 2.36. The van der Waals surface area contributed by atoms with Gasteiger partial charge in [0, 0.05) is 17.8 Å². The Labute approximate surface area is 154 Å². The summed E-state index contributed by atoms with van der Waals surface area (Å²) in [7, 11) is -2.92. The lowest BCUT2D eigenvalue weighted by Gasteiger charge is -2.15. The van der Waals surface area contributed by atoms with Crippen molar-refractivity contribution >= 4 is 33.2 Å². The quantitative estimate of drug-likeness (QED) is 0.589. The fraction of sp³-hybridized carbons (Fsp3) is 0.188. The van der Waals surface area contributed by atoms with E-state index in [4.69, 9.17) is 9.47 Å². The van der Waals surface area contributed by atoms with Crippen LogP contribution in [0, 0.1) is 10.1 Å². The lowest BCUT2D eigenvalue weighted by molar-refractivity contribution is -0.385. The maximum atomic E-state index is 12.7. The van der Waals surface area contributed by atoms with Gasteiger partial charge in [0.05, 0.1) is 24.3 Å². The molecule has 0 atom stereocenters. The number of cyclic esters (lactones) is 1. The second kappa shape index (κ2) is 7.11. The van der Waals surface area contributed by atoms with Crippen molar-refractivity contribution < 1.29 is 27.6 Å². The highest BCUT2D eigenvalue weighted by atomic mass is 32.2. The Morgan fingerprint density at radius 1 is 1.26 bits per heavy atom. The lowest BCUT2D eigenvalue weighted by Crippen LogP contribution is -2.23. The number of sulfonamides is 1.